The fourth-order valence-electron chi connectivity index (χ4n) is 3.07. The van der Waals surface area contributed by atoms with E-state index in [0.29, 0.717) is 6.61 Å². The number of hydrogen-bond donors (Lipinski definition) is 1. The molecule has 1 aliphatic carbocycles. The van der Waals surface area contributed by atoms with Crippen molar-refractivity contribution in [2.24, 2.45) is 0 Å². The Morgan fingerprint density at radius 2 is 2.04 bits per heavy atom. The smallest absolute Gasteiger partial charge is 0.325 e. The molecule has 0 saturated carbocycles. The molecule has 27 heavy (non-hydrogen) atoms. The van der Waals surface area contributed by atoms with E-state index in [2.05, 4.69) is 19.2 Å². The van der Waals surface area contributed by atoms with Crippen molar-refractivity contribution in [2.45, 2.75) is 57.4 Å². The Hall–Kier alpha value is -1.67. The van der Waals surface area contributed by atoms with Crippen LogP contribution in [0.15, 0.2) is 5.03 Å². The molecule has 1 N–H and O–H groups in total. The van der Waals surface area contributed by atoms with E-state index in [0.717, 1.165) is 33.9 Å². The summed E-state index contributed by atoms with van der Waals surface area (Å²) in [6.45, 7) is 6.11. The van der Waals surface area contributed by atoms with Crippen molar-refractivity contribution < 1.29 is 14.3 Å². The van der Waals surface area contributed by atoms with E-state index < -0.39 is 5.97 Å². The number of nitrogens with one attached hydrogen (secondary N) is 1. The second kappa shape index (κ2) is 9.01. The molecule has 6 nitrogen and oxygen atoms in total. The van der Waals surface area contributed by atoms with E-state index in [-0.39, 0.29) is 24.1 Å². The van der Waals surface area contributed by atoms with Crippen molar-refractivity contribution in [2.75, 3.05) is 18.9 Å². The maximum atomic E-state index is 12.1. The van der Waals surface area contributed by atoms with Gasteiger partial charge < -0.3 is 10.1 Å². The Morgan fingerprint density at radius 1 is 1.26 bits per heavy atom. The Bertz CT molecular complexity index is 848. The lowest BCUT2D eigenvalue weighted by Gasteiger charge is -2.12. The second-order valence-corrected chi connectivity index (χ2v) is 8.85. The molecule has 2 heterocycles. The van der Waals surface area contributed by atoms with Crippen LogP contribution in [-0.2, 0) is 27.2 Å². The highest BCUT2D eigenvalue weighted by Crippen LogP contribution is 2.40. The van der Waals surface area contributed by atoms with Gasteiger partial charge in [0.2, 0.25) is 5.91 Å². The summed E-state index contributed by atoms with van der Waals surface area (Å²) in [5, 5.41) is 4.61. The van der Waals surface area contributed by atoms with Crippen molar-refractivity contribution >= 4 is 45.2 Å². The molecule has 1 aliphatic rings. The zero-order chi connectivity index (χ0) is 19.4. The number of esters is 1. The number of amides is 1. The summed E-state index contributed by atoms with van der Waals surface area (Å²) in [6.07, 6.45) is 4.58. The van der Waals surface area contributed by atoms with Crippen molar-refractivity contribution in [1.29, 1.82) is 0 Å². The average molecular weight is 408 g/mol. The van der Waals surface area contributed by atoms with Crippen LogP contribution in [0.1, 0.15) is 55.8 Å². The average Bonchev–Trinajstić information content (AvgIpc) is 3.03. The minimum Gasteiger partial charge on any atom is -0.465 e. The number of hydrogen-bond acceptors (Lipinski definition) is 7. The van der Waals surface area contributed by atoms with Gasteiger partial charge in [-0.15, -0.1) is 11.3 Å². The molecule has 0 radical (unpaired) electrons. The van der Waals surface area contributed by atoms with Crippen LogP contribution < -0.4 is 5.32 Å². The maximum Gasteiger partial charge on any atom is 0.325 e. The summed E-state index contributed by atoms with van der Waals surface area (Å²) in [7, 11) is 0. The zero-order valence-corrected chi connectivity index (χ0v) is 17.6. The molecule has 2 aromatic rings. The summed E-state index contributed by atoms with van der Waals surface area (Å²) < 4.78 is 4.83. The lowest BCUT2D eigenvalue weighted by atomic mass is 9.97. The first-order valence-corrected chi connectivity index (χ1v) is 11.2. The normalized spacial score (nSPS) is 13.6. The fraction of sp³-hybridized carbons (Fsp3) is 0.579. The van der Waals surface area contributed by atoms with E-state index in [4.69, 9.17) is 14.7 Å². The zero-order valence-electron chi connectivity index (χ0n) is 16.0. The van der Waals surface area contributed by atoms with Gasteiger partial charge in [-0.05, 0) is 38.2 Å². The number of aromatic nitrogens is 2. The highest BCUT2D eigenvalue weighted by Gasteiger charge is 2.22. The van der Waals surface area contributed by atoms with Crippen LogP contribution in [0.4, 0.5) is 0 Å². The lowest BCUT2D eigenvalue weighted by Crippen LogP contribution is -2.31. The van der Waals surface area contributed by atoms with Gasteiger partial charge in [0, 0.05) is 16.2 Å². The maximum absolute atomic E-state index is 12.1. The Morgan fingerprint density at radius 3 is 2.78 bits per heavy atom. The molecule has 3 rings (SSSR count). The third-order valence-corrected chi connectivity index (χ3v) is 6.55. The third kappa shape index (κ3) is 4.79. The topological polar surface area (TPSA) is 81.2 Å². The van der Waals surface area contributed by atoms with Gasteiger partial charge in [-0.3, -0.25) is 9.59 Å². The number of fused-ring (bicyclic) bond motifs is 3. The molecule has 0 saturated heterocycles. The minimum atomic E-state index is -0.422. The molecular formula is C19H25N3O3S2. The predicted octanol–water partition coefficient (Wildman–Crippen LogP) is 3.46. The molecule has 0 spiro atoms. The molecule has 0 fully saturated rings. The number of nitrogens with zero attached hydrogens (tertiary/aromatic N) is 2. The number of aryl methyl sites for hydroxylation is 2. The Kier molecular flexibility index (Phi) is 6.70. The molecule has 0 aromatic carbocycles. The number of thiophene rings is 1. The molecular weight excluding hydrogens is 382 g/mol. The van der Waals surface area contributed by atoms with Crippen molar-refractivity contribution in [1.82, 2.24) is 15.3 Å². The second-order valence-electron chi connectivity index (χ2n) is 6.80. The van der Waals surface area contributed by atoms with Gasteiger partial charge in [-0.2, -0.15) is 0 Å². The van der Waals surface area contributed by atoms with E-state index >= 15 is 0 Å². The van der Waals surface area contributed by atoms with Crippen molar-refractivity contribution in [3.05, 3.63) is 16.3 Å². The molecule has 0 atom stereocenters. The summed E-state index contributed by atoms with van der Waals surface area (Å²) >= 11 is 3.20. The minimum absolute atomic E-state index is 0.0997. The molecule has 146 valence electrons. The highest BCUT2D eigenvalue weighted by atomic mass is 32.2. The van der Waals surface area contributed by atoms with Crippen LogP contribution in [0.5, 0.6) is 0 Å². The number of carbonyl (C=O) groups is 2. The van der Waals surface area contributed by atoms with Gasteiger partial charge in [0.25, 0.3) is 0 Å². The van der Waals surface area contributed by atoms with Crippen LogP contribution in [0.2, 0.25) is 0 Å². The van der Waals surface area contributed by atoms with Crippen LogP contribution in [-0.4, -0.2) is 40.7 Å². The molecule has 0 bridgehead atoms. The Labute approximate surface area is 167 Å². The quantitative estimate of drug-likeness (QED) is 0.430. The van der Waals surface area contributed by atoms with Gasteiger partial charge in [-0.1, -0.05) is 25.6 Å². The Balaban J connectivity index is 1.79. The molecule has 1 amide bonds. The van der Waals surface area contributed by atoms with Crippen LogP contribution in [0.25, 0.3) is 10.2 Å². The van der Waals surface area contributed by atoms with Gasteiger partial charge in [-0.25, -0.2) is 9.97 Å². The number of thioether (sulfide) groups is 1. The van der Waals surface area contributed by atoms with E-state index in [1.54, 1.807) is 18.3 Å². The first-order valence-electron chi connectivity index (χ1n) is 9.36. The molecule has 0 aliphatic heterocycles. The summed E-state index contributed by atoms with van der Waals surface area (Å²) in [5.74, 6) is 0.638. The number of carbonyl (C=O) groups excluding carboxylic acids is 2. The largest absolute Gasteiger partial charge is 0.465 e. The van der Waals surface area contributed by atoms with Crippen LogP contribution in [0.3, 0.4) is 0 Å². The molecule has 8 heteroatoms. The van der Waals surface area contributed by atoms with Gasteiger partial charge in [0.15, 0.2) is 0 Å². The highest BCUT2D eigenvalue weighted by molar-refractivity contribution is 8.00. The summed E-state index contributed by atoms with van der Waals surface area (Å²) in [6, 6.07) is 0. The molecule has 0 unspecified atom stereocenters. The fourth-order valence-corrected chi connectivity index (χ4v) is 5.30. The van der Waals surface area contributed by atoms with Gasteiger partial charge in [0.05, 0.1) is 12.4 Å². The van der Waals surface area contributed by atoms with Crippen LogP contribution in [0, 0.1) is 0 Å². The van der Waals surface area contributed by atoms with Crippen LogP contribution >= 0.6 is 23.1 Å². The van der Waals surface area contributed by atoms with E-state index in [9.17, 15) is 9.59 Å². The summed E-state index contributed by atoms with van der Waals surface area (Å²) in [5.41, 5.74) is 1.37. The first-order chi connectivity index (χ1) is 13.0. The first kappa shape index (κ1) is 20.1. The molecule has 2 aromatic heterocycles. The predicted molar refractivity (Wildman–Crippen MR) is 109 cm³/mol. The lowest BCUT2D eigenvalue weighted by molar-refractivity contribution is -0.143. The van der Waals surface area contributed by atoms with Crippen molar-refractivity contribution in [3.8, 4) is 0 Å². The summed E-state index contributed by atoms with van der Waals surface area (Å²) in [4.78, 5) is 35.5. The number of rotatable bonds is 7. The van der Waals surface area contributed by atoms with Gasteiger partial charge in [0.1, 0.15) is 22.2 Å². The third-order valence-electron chi connectivity index (χ3n) is 4.39. The van der Waals surface area contributed by atoms with E-state index in [1.807, 2.05) is 0 Å². The van der Waals surface area contributed by atoms with E-state index in [1.165, 1.54) is 35.0 Å². The SMILES string of the molecule is CCOC(=O)CNC(=O)CSc1nc(C(C)C)nc2sc3c(c12)CCCC3. The van der Waals surface area contributed by atoms with Gasteiger partial charge >= 0.3 is 5.97 Å². The monoisotopic (exact) mass is 407 g/mol. The standard InChI is InChI=1S/C19H25N3O3S2/c1-4-25-15(24)9-20-14(23)10-26-18-16-12-7-5-6-8-13(12)27-19(16)22-17(21-18)11(2)3/h11H,4-10H2,1-3H3,(H,20,23). The van der Waals surface area contributed by atoms with Crippen molar-refractivity contribution in [3.63, 3.8) is 0 Å². The number of ether oxygens (including phenoxy) is 1.